The molecular weight excluding hydrogens is 318 g/mol. The minimum Gasteiger partial charge on any atom is -0.379 e. The molecule has 0 bridgehead atoms. The van der Waals surface area contributed by atoms with Gasteiger partial charge in [-0.1, -0.05) is 0 Å². The van der Waals surface area contributed by atoms with Gasteiger partial charge in [-0.15, -0.1) is 0 Å². The van der Waals surface area contributed by atoms with E-state index in [9.17, 15) is 0 Å². The highest BCUT2D eigenvalue weighted by molar-refractivity contribution is 5.89. The molecule has 2 aliphatic heterocycles. The fourth-order valence-corrected chi connectivity index (χ4v) is 3.55. The Bertz CT molecular complexity index is 677. The van der Waals surface area contributed by atoms with Crippen molar-refractivity contribution in [1.82, 2.24) is 9.97 Å². The van der Waals surface area contributed by atoms with Gasteiger partial charge < -0.3 is 19.1 Å². The Labute approximate surface area is 148 Å². The van der Waals surface area contributed by atoms with Crippen LogP contribution in [0.1, 0.15) is 19.3 Å². The van der Waals surface area contributed by atoms with Crippen LogP contribution in [0.4, 0.5) is 5.69 Å². The highest BCUT2D eigenvalue weighted by atomic mass is 16.6. The van der Waals surface area contributed by atoms with Crippen LogP contribution < -0.4 is 4.90 Å². The number of ether oxygens (including phenoxy) is 3. The summed E-state index contributed by atoms with van der Waals surface area (Å²) < 4.78 is 17.1. The molecule has 25 heavy (non-hydrogen) atoms. The van der Waals surface area contributed by atoms with E-state index in [2.05, 4.69) is 20.9 Å². The van der Waals surface area contributed by atoms with Gasteiger partial charge in [0.1, 0.15) is 0 Å². The SMILES string of the molecule is c1cnc2c(N3CCC(OCCO[C@H]4CCOC4)CC3)cncc2c1. The van der Waals surface area contributed by atoms with Crippen LogP contribution in [0.3, 0.4) is 0 Å². The van der Waals surface area contributed by atoms with Crippen molar-refractivity contribution >= 4 is 16.6 Å². The van der Waals surface area contributed by atoms with E-state index in [1.807, 2.05) is 24.7 Å². The van der Waals surface area contributed by atoms with Crippen molar-refractivity contribution in [3.63, 3.8) is 0 Å². The average molecular weight is 343 g/mol. The van der Waals surface area contributed by atoms with Crippen LogP contribution in [0.25, 0.3) is 10.9 Å². The van der Waals surface area contributed by atoms with Crippen molar-refractivity contribution in [2.45, 2.75) is 31.5 Å². The van der Waals surface area contributed by atoms with Crippen LogP contribution >= 0.6 is 0 Å². The molecule has 0 amide bonds. The highest BCUT2D eigenvalue weighted by Crippen LogP contribution is 2.26. The van der Waals surface area contributed by atoms with Crippen molar-refractivity contribution in [2.75, 3.05) is 44.4 Å². The van der Waals surface area contributed by atoms with Crippen LogP contribution in [0, 0.1) is 0 Å². The van der Waals surface area contributed by atoms with E-state index in [0.717, 1.165) is 62.2 Å². The molecule has 6 nitrogen and oxygen atoms in total. The Kier molecular flexibility index (Phi) is 5.40. The normalized spacial score (nSPS) is 21.9. The predicted molar refractivity (Wildman–Crippen MR) is 95.9 cm³/mol. The fourth-order valence-electron chi connectivity index (χ4n) is 3.55. The quantitative estimate of drug-likeness (QED) is 0.751. The van der Waals surface area contributed by atoms with Crippen LogP contribution in [0.15, 0.2) is 30.7 Å². The summed E-state index contributed by atoms with van der Waals surface area (Å²) >= 11 is 0. The van der Waals surface area contributed by atoms with Gasteiger partial charge in [-0.2, -0.15) is 0 Å². The van der Waals surface area contributed by atoms with E-state index < -0.39 is 0 Å². The number of aromatic nitrogens is 2. The molecule has 0 saturated carbocycles. The minimum absolute atomic E-state index is 0.261. The summed E-state index contributed by atoms with van der Waals surface area (Å²) in [6.07, 6.45) is 9.27. The van der Waals surface area contributed by atoms with Crippen molar-refractivity contribution in [3.8, 4) is 0 Å². The van der Waals surface area contributed by atoms with Crippen LogP contribution in [0.5, 0.6) is 0 Å². The number of rotatable bonds is 6. The molecule has 0 N–H and O–H groups in total. The lowest BCUT2D eigenvalue weighted by molar-refractivity contribution is -0.0294. The van der Waals surface area contributed by atoms with Crippen molar-refractivity contribution in [1.29, 1.82) is 0 Å². The third-order valence-corrected chi connectivity index (χ3v) is 4.95. The van der Waals surface area contributed by atoms with Crippen molar-refractivity contribution in [3.05, 3.63) is 30.7 Å². The molecule has 0 spiro atoms. The van der Waals surface area contributed by atoms with Crippen LogP contribution in [0.2, 0.25) is 0 Å². The fraction of sp³-hybridized carbons (Fsp3) is 0.579. The Balaban J connectivity index is 1.25. The Morgan fingerprint density at radius 2 is 1.92 bits per heavy atom. The molecule has 134 valence electrons. The Morgan fingerprint density at radius 1 is 1.08 bits per heavy atom. The van der Waals surface area contributed by atoms with Gasteiger partial charge in [0.15, 0.2) is 0 Å². The summed E-state index contributed by atoms with van der Waals surface area (Å²) in [5.74, 6) is 0. The first-order chi connectivity index (χ1) is 12.4. The molecule has 4 rings (SSSR count). The second-order valence-corrected chi connectivity index (χ2v) is 6.65. The minimum atomic E-state index is 0.261. The van der Waals surface area contributed by atoms with E-state index in [-0.39, 0.29) is 6.10 Å². The second kappa shape index (κ2) is 8.08. The van der Waals surface area contributed by atoms with Gasteiger partial charge in [0.05, 0.1) is 49.4 Å². The van der Waals surface area contributed by atoms with Gasteiger partial charge >= 0.3 is 0 Å². The molecular formula is C19H25N3O3. The predicted octanol–water partition coefficient (Wildman–Crippen LogP) is 2.42. The molecule has 0 unspecified atom stereocenters. The van der Waals surface area contributed by atoms with Gasteiger partial charge in [-0.05, 0) is 31.4 Å². The van der Waals surface area contributed by atoms with E-state index in [1.54, 1.807) is 0 Å². The number of anilines is 1. The lowest BCUT2D eigenvalue weighted by Gasteiger charge is -2.33. The maximum absolute atomic E-state index is 5.99. The monoisotopic (exact) mass is 343 g/mol. The third-order valence-electron chi connectivity index (χ3n) is 4.95. The first-order valence-corrected chi connectivity index (χ1v) is 9.15. The maximum Gasteiger partial charge on any atom is 0.0966 e. The Morgan fingerprint density at radius 3 is 2.72 bits per heavy atom. The lowest BCUT2D eigenvalue weighted by Crippen LogP contribution is -2.37. The molecule has 4 heterocycles. The summed E-state index contributed by atoms with van der Waals surface area (Å²) in [4.78, 5) is 11.3. The maximum atomic E-state index is 5.99. The summed E-state index contributed by atoms with van der Waals surface area (Å²) in [5.41, 5.74) is 2.16. The van der Waals surface area contributed by atoms with E-state index in [0.29, 0.717) is 19.3 Å². The van der Waals surface area contributed by atoms with Gasteiger partial charge in [-0.25, -0.2) is 0 Å². The summed E-state index contributed by atoms with van der Waals surface area (Å²) in [6.45, 7) is 4.82. The van der Waals surface area contributed by atoms with Crippen molar-refractivity contribution < 1.29 is 14.2 Å². The lowest BCUT2D eigenvalue weighted by atomic mass is 10.1. The highest BCUT2D eigenvalue weighted by Gasteiger charge is 2.22. The van der Waals surface area contributed by atoms with Crippen molar-refractivity contribution in [2.24, 2.45) is 0 Å². The number of nitrogens with zero attached hydrogens (tertiary/aromatic N) is 3. The largest absolute Gasteiger partial charge is 0.379 e. The van der Waals surface area contributed by atoms with E-state index in [4.69, 9.17) is 14.2 Å². The summed E-state index contributed by atoms with van der Waals surface area (Å²) in [7, 11) is 0. The van der Waals surface area contributed by atoms with Gasteiger partial charge in [0.2, 0.25) is 0 Å². The number of fused-ring (bicyclic) bond motifs is 1. The molecule has 2 aromatic rings. The summed E-state index contributed by atoms with van der Waals surface area (Å²) in [5, 5.41) is 1.09. The number of piperidine rings is 1. The van der Waals surface area contributed by atoms with Gasteiger partial charge in [0, 0.05) is 37.5 Å². The standard InChI is InChI=1S/C19H25N3O3/c1-2-15-12-20-13-18(19(15)21-6-1)22-7-3-16(4-8-22)24-10-11-25-17-5-9-23-14-17/h1-2,6,12-13,16-17H,3-5,7-11,14H2/t17-/m0/s1. The van der Waals surface area contributed by atoms with E-state index >= 15 is 0 Å². The summed E-state index contributed by atoms with van der Waals surface area (Å²) in [6, 6.07) is 4.01. The van der Waals surface area contributed by atoms with E-state index in [1.165, 1.54) is 0 Å². The molecule has 0 radical (unpaired) electrons. The topological polar surface area (TPSA) is 56.7 Å². The Hall–Kier alpha value is -1.76. The van der Waals surface area contributed by atoms with Gasteiger partial charge in [0.25, 0.3) is 0 Å². The second-order valence-electron chi connectivity index (χ2n) is 6.65. The molecule has 2 saturated heterocycles. The molecule has 0 aromatic carbocycles. The number of hydrogen-bond donors (Lipinski definition) is 0. The first kappa shape index (κ1) is 16.7. The zero-order valence-corrected chi connectivity index (χ0v) is 14.5. The van der Waals surface area contributed by atoms with Gasteiger partial charge in [-0.3, -0.25) is 9.97 Å². The zero-order valence-electron chi connectivity index (χ0n) is 14.5. The third kappa shape index (κ3) is 4.08. The molecule has 2 aromatic heterocycles. The number of hydrogen-bond acceptors (Lipinski definition) is 6. The zero-order chi connectivity index (χ0) is 16.9. The van der Waals surface area contributed by atoms with Crippen LogP contribution in [-0.4, -0.2) is 61.7 Å². The molecule has 2 fully saturated rings. The van der Waals surface area contributed by atoms with Crippen LogP contribution in [-0.2, 0) is 14.2 Å². The average Bonchev–Trinajstić information content (AvgIpc) is 3.19. The molecule has 6 heteroatoms. The molecule has 0 aliphatic carbocycles. The smallest absolute Gasteiger partial charge is 0.0966 e. The first-order valence-electron chi connectivity index (χ1n) is 9.15. The number of pyridine rings is 2. The molecule has 1 atom stereocenters. The molecule has 2 aliphatic rings.